The van der Waals surface area contributed by atoms with Crippen LogP contribution in [0.25, 0.3) is 6.08 Å². The fourth-order valence-electron chi connectivity index (χ4n) is 1.27. The van der Waals surface area contributed by atoms with Crippen LogP contribution in [0.3, 0.4) is 0 Å². The third kappa shape index (κ3) is 6.62. The Bertz CT molecular complexity index is 466. The summed E-state index contributed by atoms with van der Waals surface area (Å²) >= 11 is 5.75. The molecule has 1 rings (SSSR count). The lowest BCUT2D eigenvalue weighted by atomic mass is 10.2. The Morgan fingerprint density at radius 3 is 2.53 bits per heavy atom. The molecule has 0 radical (unpaired) electrons. The zero-order chi connectivity index (χ0) is 14.3. The molecule has 0 heterocycles. The average molecular weight is 282 g/mol. The van der Waals surface area contributed by atoms with Crippen LogP contribution in [0.5, 0.6) is 0 Å². The summed E-state index contributed by atoms with van der Waals surface area (Å²) in [7, 11) is 0. The van der Waals surface area contributed by atoms with Crippen molar-refractivity contribution in [2.45, 2.75) is 20.0 Å². The lowest BCUT2D eigenvalue weighted by Crippen LogP contribution is -2.30. The topological polar surface area (TPSA) is 55.4 Å². The highest BCUT2D eigenvalue weighted by Crippen LogP contribution is 2.10. The maximum absolute atomic E-state index is 11.4. The van der Waals surface area contributed by atoms with Gasteiger partial charge >= 0.3 is 5.97 Å². The summed E-state index contributed by atoms with van der Waals surface area (Å²) in [5.41, 5.74) is 0.851. The fourth-order valence-corrected chi connectivity index (χ4v) is 1.39. The molecule has 1 aromatic rings. The van der Waals surface area contributed by atoms with Crippen molar-refractivity contribution in [3.63, 3.8) is 0 Å². The Morgan fingerprint density at radius 1 is 1.32 bits per heavy atom. The summed E-state index contributed by atoms with van der Waals surface area (Å²) in [6.07, 6.45) is 2.81. The minimum Gasteiger partial charge on any atom is -0.462 e. The summed E-state index contributed by atoms with van der Waals surface area (Å²) in [5, 5.41) is 3.08. The number of carbonyl (C=O) groups is 2. The quantitative estimate of drug-likeness (QED) is 0.666. The maximum Gasteiger partial charge on any atom is 0.325 e. The number of ether oxygens (including phenoxy) is 1. The van der Waals surface area contributed by atoms with Gasteiger partial charge < -0.3 is 10.1 Å². The first kappa shape index (κ1) is 15.2. The number of hydrogen-bond donors (Lipinski definition) is 1. The van der Waals surface area contributed by atoms with Crippen molar-refractivity contribution < 1.29 is 14.3 Å². The van der Waals surface area contributed by atoms with Gasteiger partial charge in [0.2, 0.25) is 5.91 Å². The Morgan fingerprint density at radius 2 is 1.95 bits per heavy atom. The van der Waals surface area contributed by atoms with Gasteiger partial charge in [-0.2, -0.15) is 0 Å². The van der Waals surface area contributed by atoms with Crippen molar-refractivity contribution >= 4 is 29.6 Å². The molecule has 0 fully saturated rings. The zero-order valence-electron chi connectivity index (χ0n) is 10.9. The lowest BCUT2D eigenvalue weighted by Gasteiger charge is -2.07. The van der Waals surface area contributed by atoms with E-state index >= 15 is 0 Å². The molecule has 102 valence electrons. The molecule has 1 N–H and O–H groups in total. The third-order valence-electron chi connectivity index (χ3n) is 2.07. The van der Waals surface area contributed by atoms with Crippen LogP contribution in [0.1, 0.15) is 19.4 Å². The van der Waals surface area contributed by atoms with E-state index in [-0.39, 0.29) is 18.6 Å². The van der Waals surface area contributed by atoms with Gasteiger partial charge in [-0.3, -0.25) is 9.59 Å². The summed E-state index contributed by atoms with van der Waals surface area (Å²) in [4.78, 5) is 22.6. The third-order valence-corrected chi connectivity index (χ3v) is 2.32. The molecule has 1 aromatic carbocycles. The fraction of sp³-hybridized carbons (Fsp3) is 0.286. The molecule has 0 unspecified atom stereocenters. The first-order chi connectivity index (χ1) is 8.97. The maximum atomic E-state index is 11.4. The van der Waals surface area contributed by atoms with Crippen LogP contribution in [-0.4, -0.2) is 24.5 Å². The predicted molar refractivity (Wildman–Crippen MR) is 74.7 cm³/mol. The lowest BCUT2D eigenvalue weighted by molar-refractivity contribution is -0.147. The standard InChI is InChI=1S/C14H16ClNO3/c1-10(2)19-14(18)9-16-13(17)8-5-11-3-6-12(15)7-4-11/h3-8,10H,9H2,1-2H3,(H,16,17)/b8-5+. The number of amides is 1. The van der Waals surface area contributed by atoms with Crippen LogP contribution in [-0.2, 0) is 14.3 Å². The average Bonchev–Trinajstić information content (AvgIpc) is 2.35. The van der Waals surface area contributed by atoms with Gasteiger partial charge in [0.15, 0.2) is 0 Å². The second-order valence-corrected chi connectivity index (χ2v) is 4.58. The Hall–Kier alpha value is -1.81. The predicted octanol–water partition coefficient (Wildman–Crippen LogP) is 2.42. The summed E-state index contributed by atoms with van der Waals surface area (Å²) < 4.78 is 4.88. The van der Waals surface area contributed by atoms with E-state index in [1.165, 1.54) is 6.08 Å². The van der Waals surface area contributed by atoms with Crippen molar-refractivity contribution in [2.24, 2.45) is 0 Å². The number of hydrogen-bond acceptors (Lipinski definition) is 3. The number of carbonyl (C=O) groups excluding carboxylic acids is 2. The largest absolute Gasteiger partial charge is 0.462 e. The van der Waals surface area contributed by atoms with E-state index in [0.717, 1.165) is 5.56 Å². The smallest absolute Gasteiger partial charge is 0.325 e. The molecule has 19 heavy (non-hydrogen) atoms. The summed E-state index contributed by atoms with van der Waals surface area (Å²) in [6, 6.07) is 7.05. The van der Waals surface area contributed by atoms with Crippen molar-refractivity contribution in [3.8, 4) is 0 Å². The van der Waals surface area contributed by atoms with Gasteiger partial charge in [0.25, 0.3) is 0 Å². The molecule has 0 spiro atoms. The minimum atomic E-state index is -0.455. The highest BCUT2D eigenvalue weighted by Gasteiger charge is 2.05. The van der Waals surface area contributed by atoms with Crippen molar-refractivity contribution in [3.05, 3.63) is 40.9 Å². The van der Waals surface area contributed by atoms with Gasteiger partial charge in [-0.05, 0) is 37.6 Å². The highest BCUT2D eigenvalue weighted by atomic mass is 35.5. The van der Waals surface area contributed by atoms with E-state index in [1.54, 1.807) is 44.2 Å². The van der Waals surface area contributed by atoms with E-state index in [0.29, 0.717) is 5.02 Å². The van der Waals surface area contributed by atoms with Gasteiger partial charge in [0.05, 0.1) is 6.10 Å². The van der Waals surface area contributed by atoms with Gasteiger partial charge in [0.1, 0.15) is 6.54 Å². The molecular weight excluding hydrogens is 266 g/mol. The molecule has 0 atom stereocenters. The van der Waals surface area contributed by atoms with Gasteiger partial charge in [0, 0.05) is 11.1 Å². The summed E-state index contributed by atoms with van der Waals surface area (Å²) in [6.45, 7) is 3.36. The Labute approximate surface area is 117 Å². The second kappa shape index (κ2) is 7.59. The Balaban J connectivity index is 2.39. The molecule has 5 heteroatoms. The van der Waals surface area contributed by atoms with Crippen LogP contribution in [0.2, 0.25) is 5.02 Å². The minimum absolute atomic E-state index is 0.137. The number of rotatable bonds is 5. The molecule has 0 aliphatic rings. The zero-order valence-corrected chi connectivity index (χ0v) is 11.6. The van der Waals surface area contributed by atoms with E-state index in [4.69, 9.17) is 16.3 Å². The van der Waals surface area contributed by atoms with Gasteiger partial charge in [-0.15, -0.1) is 0 Å². The van der Waals surface area contributed by atoms with E-state index < -0.39 is 5.97 Å². The molecule has 1 amide bonds. The molecule has 0 aliphatic carbocycles. The molecule has 0 saturated heterocycles. The molecule has 4 nitrogen and oxygen atoms in total. The van der Waals surface area contributed by atoms with Crippen LogP contribution in [0.15, 0.2) is 30.3 Å². The van der Waals surface area contributed by atoms with Crippen LogP contribution >= 0.6 is 11.6 Å². The first-order valence-electron chi connectivity index (χ1n) is 5.88. The SMILES string of the molecule is CC(C)OC(=O)CNC(=O)/C=C/c1ccc(Cl)cc1. The molecule has 0 aliphatic heterocycles. The van der Waals surface area contributed by atoms with Crippen molar-refractivity contribution in [2.75, 3.05) is 6.54 Å². The van der Waals surface area contributed by atoms with E-state index in [1.807, 2.05) is 0 Å². The first-order valence-corrected chi connectivity index (χ1v) is 6.26. The Kier molecular flexibility index (Phi) is 6.09. The number of esters is 1. The second-order valence-electron chi connectivity index (χ2n) is 4.14. The summed E-state index contributed by atoms with van der Waals surface area (Å²) in [5.74, 6) is -0.807. The monoisotopic (exact) mass is 281 g/mol. The van der Waals surface area contributed by atoms with Crippen LogP contribution < -0.4 is 5.32 Å². The van der Waals surface area contributed by atoms with Crippen LogP contribution in [0.4, 0.5) is 0 Å². The molecule has 0 bridgehead atoms. The van der Waals surface area contributed by atoms with Crippen LogP contribution in [0, 0.1) is 0 Å². The molecular formula is C14H16ClNO3. The number of halogens is 1. The van der Waals surface area contributed by atoms with Gasteiger partial charge in [-0.1, -0.05) is 23.7 Å². The van der Waals surface area contributed by atoms with Crippen molar-refractivity contribution in [1.29, 1.82) is 0 Å². The van der Waals surface area contributed by atoms with E-state index in [2.05, 4.69) is 5.32 Å². The number of nitrogens with one attached hydrogen (secondary N) is 1. The number of benzene rings is 1. The molecule has 0 saturated carbocycles. The van der Waals surface area contributed by atoms with Crippen molar-refractivity contribution in [1.82, 2.24) is 5.32 Å². The normalized spacial score (nSPS) is 10.7. The van der Waals surface area contributed by atoms with E-state index in [9.17, 15) is 9.59 Å². The molecule has 0 aromatic heterocycles. The highest BCUT2D eigenvalue weighted by molar-refractivity contribution is 6.30. The van der Waals surface area contributed by atoms with Gasteiger partial charge in [-0.25, -0.2) is 0 Å².